The predicted octanol–water partition coefficient (Wildman–Crippen LogP) is 1.56. The van der Waals surface area contributed by atoms with E-state index in [1.165, 1.54) is 32.5 Å². The number of hydrogen-bond donors (Lipinski definition) is 2. The fourth-order valence-electron chi connectivity index (χ4n) is 2.43. The van der Waals surface area contributed by atoms with E-state index >= 15 is 0 Å². The molecule has 20 heavy (non-hydrogen) atoms. The number of likely N-dealkylation sites (tertiary alicyclic amines) is 1. The minimum Gasteiger partial charge on any atom is -0.377 e. The van der Waals surface area contributed by atoms with E-state index in [0.29, 0.717) is 12.4 Å². The molecule has 1 aromatic heterocycles. The van der Waals surface area contributed by atoms with E-state index in [1.54, 1.807) is 7.11 Å². The van der Waals surface area contributed by atoms with Gasteiger partial charge in [-0.15, -0.1) is 0 Å². The average molecular weight is 279 g/mol. The lowest BCUT2D eigenvalue weighted by atomic mass is 10.4. The van der Waals surface area contributed by atoms with Crippen molar-refractivity contribution in [3.63, 3.8) is 0 Å². The average Bonchev–Trinajstić information content (AvgIpc) is 2.97. The highest BCUT2D eigenvalue weighted by Crippen LogP contribution is 2.12. The summed E-state index contributed by atoms with van der Waals surface area (Å²) in [6.07, 6.45) is 3.84. The van der Waals surface area contributed by atoms with Gasteiger partial charge in [0.2, 0.25) is 0 Å². The Morgan fingerprint density at radius 3 is 2.70 bits per heavy atom. The van der Waals surface area contributed by atoms with Crippen LogP contribution in [0.4, 0.5) is 11.6 Å². The van der Waals surface area contributed by atoms with Gasteiger partial charge in [0, 0.05) is 26.8 Å². The molecule has 0 saturated carbocycles. The van der Waals surface area contributed by atoms with Gasteiger partial charge < -0.3 is 20.3 Å². The molecule has 0 amide bonds. The Bertz CT molecular complexity index is 407. The van der Waals surface area contributed by atoms with Crippen molar-refractivity contribution in [3.8, 4) is 0 Å². The Labute approximate surface area is 120 Å². The molecule has 0 unspecified atom stereocenters. The fraction of sp³-hybridized carbons (Fsp3) is 0.714. The van der Waals surface area contributed by atoms with Crippen LogP contribution in [0.15, 0.2) is 6.07 Å². The van der Waals surface area contributed by atoms with Crippen LogP contribution in [0.1, 0.15) is 25.1 Å². The minimum absolute atomic E-state index is 0.429. The molecule has 0 aromatic carbocycles. The summed E-state index contributed by atoms with van der Waals surface area (Å²) in [4.78, 5) is 11.3. The molecule has 1 fully saturated rings. The minimum atomic E-state index is 0.429. The number of rotatable bonds is 8. The van der Waals surface area contributed by atoms with Gasteiger partial charge in [-0.3, -0.25) is 0 Å². The zero-order valence-electron chi connectivity index (χ0n) is 12.5. The van der Waals surface area contributed by atoms with Crippen molar-refractivity contribution in [1.29, 1.82) is 0 Å². The molecule has 1 aliphatic heterocycles. The molecule has 6 nitrogen and oxygen atoms in total. The predicted molar refractivity (Wildman–Crippen MR) is 81.1 cm³/mol. The van der Waals surface area contributed by atoms with E-state index in [1.807, 2.05) is 13.1 Å². The van der Waals surface area contributed by atoms with Gasteiger partial charge in [-0.05, 0) is 38.9 Å². The maximum atomic E-state index is 5.09. The maximum Gasteiger partial charge on any atom is 0.158 e. The van der Waals surface area contributed by atoms with Crippen molar-refractivity contribution < 1.29 is 4.74 Å². The molecule has 0 bridgehead atoms. The highest BCUT2D eigenvalue weighted by Gasteiger charge is 2.10. The van der Waals surface area contributed by atoms with Crippen molar-refractivity contribution in [3.05, 3.63) is 11.9 Å². The Balaban J connectivity index is 1.79. The monoisotopic (exact) mass is 279 g/mol. The molecule has 2 heterocycles. The zero-order valence-corrected chi connectivity index (χ0v) is 12.5. The van der Waals surface area contributed by atoms with E-state index in [-0.39, 0.29) is 0 Å². The third-order valence-corrected chi connectivity index (χ3v) is 3.46. The molecule has 1 aliphatic rings. The van der Waals surface area contributed by atoms with Gasteiger partial charge in [0.15, 0.2) is 5.82 Å². The number of hydrogen-bond acceptors (Lipinski definition) is 6. The summed E-state index contributed by atoms with van der Waals surface area (Å²) in [5, 5.41) is 6.42. The van der Waals surface area contributed by atoms with E-state index in [0.717, 1.165) is 24.6 Å². The number of anilines is 2. The number of nitrogens with one attached hydrogen (secondary N) is 2. The molecule has 1 aromatic rings. The van der Waals surface area contributed by atoms with Crippen molar-refractivity contribution in [2.45, 2.75) is 25.9 Å². The van der Waals surface area contributed by atoms with Crippen LogP contribution in [-0.2, 0) is 11.3 Å². The summed E-state index contributed by atoms with van der Waals surface area (Å²) in [7, 11) is 3.51. The molecule has 0 atom stereocenters. The third-order valence-electron chi connectivity index (χ3n) is 3.46. The quantitative estimate of drug-likeness (QED) is 0.704. The van der Waals surface area contributed by atoms with Crippen molar-refractivity contribution >= 4 is 11.6 Å². The van der Waals surface area contributed by atoms with Gasteiger partial charge in [0.05, 0.1) is 0 Å². The first kappa shape index (κ1) is 15.0. The van der Waals surface area contributed by atoms with E-state index in [2.05, 4.69) is 25.5 Å². The van der Waals surface area contributed by atoms with Crippen LogP contribution in [-0.4, -0.2) is 55.2 Å². The molecule has 2 rings (SSSR count). The van der Waals surface area contributed by atoms with Crippen LogP contribution >= 0.6 is 0 Å². The van der Waals surface area contributed by atoms with Gasteiger partial charge in [0.1, 0.15) is 18.2 Å². The third kappa shape index (κ3) is 4.61. The van der Waals surface area contributed by atoms with Gasteiger partial charge in [-0.25, -0.2) is 9.97 Å². The largest absolute Gasteiger partial charge is 0.377 e. The summed E-state index contributed by atoms with van der Waals surface area (Å²) in [5.41, 5.74) is 0. The summed E-state index contributed by atoms with van der Waals surface area (Å²) >= 11 is 0. The van der Waals surface area contributed by atoms with Crippen LogP contribution in [0.2, 0.25) is 0 Å². The normalized spacial score (nSPS) is 15.5. The molecule has 2 N–H and O–H groups in total. The number of aromatic nitrogens is 2. The highest BCUT2D eigenvalue weighted by atomic mass is 16.5. The van der Waals surface area contributed by atoms with Crippen molar-refractivity contribution in [2.24, 2.45) is 0 Å². The first-order chi connectivity index (χ1) is 9.81. The van der Waals surface area contributed by atoms with Crippen LogP contribution in [0.3, 0.4) is 0 Å². The van der Waals surface area contributed by atoms with E-state index < -0.39 is 0 Å². The molecule has 0 spiro atoms. The van der Waals surface area contributed by atoms with Crippen LogP contribution < -0.4 is 10.6 Å². The molecule has 0 aliphatic carbocycles. The number of methoxy groups -OCH3 is 1. The Kier molecular flexibility index (Phi) is 6.01. The zero-order chi connectivity index (χ0) is 14.2. The molecule has 6 heteroatoms. The topological polar surface area (TPSA) is 62.3 Å². The van der Waals surface area contributed by atoms with Crippen LogP contribution in [0.5, 0.6) is 0 Å². The van der Waals surface area contributed by atoms with E-state index in [4.69, 9.17) is 4.74 Å². The first-order valence-electron chi connectivity index (χ1n) is 7.32. The first-order valence-corrected chi connectivity index (χ1v) is 7.32. The SMILES string of the molecule is CNc1cc(NCCCN2CCCC2)nc(COC)n1. The lowest BCUT2D eigenvalue weighted by molar-refractivity contribution is 0.178. The lowest BCUT2D eigenvalue weighted by Gasteiger charge is -2.15. The van der Waals surface area contributed by atoms with Gasteiger partial charge in [0.25, 0.3) is 0 Å². The number of ether oxygens (including phenoxy) is 1. The number of nitrogens with zero attached hydrogens (tertiary/aromatic N) is 3. The van der Waals surface area contributed by atoms with Crippen LogP contribution in [0.25, 0.3) is 0 Å². The molecule has 112 valence electrons. The molecular formula is C14H25N5O. The standard InChI is InChI=1S/C14H25N5O/c1-15-12-10-13(18-14(17-12)11-20-2)16-6-5-9-19-7-3-4-8-19/h10H,3-9,11H2,1-2H3,(H2,15,16,17,18). The van der Waals surface area contributed by atoms with Crippen molar-refractivity contribution in [1.82, 2.24) is 14.9 Å². The van der Waals surface area contributed by atoms with Gasteiger partial charge in [-0.2, -0.15) is 0 Å². The van der Waals surface area contributed by atoms with Gasteiger partial charge in [-0.1, -0.05) is 0 Å². The van der Waals surface area contributed by atoms with Gasteiger partial charge >= 0.3 is 0 Å². The van der Waals surface area contributed by atoms with E-state index in [9.17, 15) is 0 Å². The second-order valence-corrected chi connectivity index (χ2v) is 5.07. The maximum absolute atomic E-state index is 5.09. The lowest BCUT2D eigenvalue weighted by Crippen LogP contribution is -2.22. The summed E-state index contributed by atoms with van der Waals surface area (Å²) in [6.45, 7) is 5.05. The second kappa shape index (κ2) is 8.01. The summed E-state index contributed by atoms with van der Waals surface area (Å²) < 4.78 is 5.09. The Morgan fingerprint density at radius 1 is 1.25 bits per heavy atom. The highest BCUT2D eigenvalue weighted by molar-refractivity contribution is 5.47. The Hall–Kier alpha value is -1.40. The molecule has 0 radical (unpaired) electrons. The molecular weight excluding hydrogens is 254 g/mol. The second-order valence-electron chi connectivity index (χ2n) is 5.07. The molecule has 1 saturated heterocycles. The summed E-state index contributed by atoms with van der Waals surface area (Å²) in [5.74, 6) is 2.37. The smallest absolute Gasteiger partial charge is 0.158 e. The summed E-state index contributed by atoms with van der Waals surface area (Å²) in [6, 6.07) is 1.93. The van der Waals surface area contributed by atoms with Crippen LogP contribution in [0, 0.1) is 0 Å². The van der Waals surface area contributed by atoms with Crippen molar-refractivity contribution in [2.75, 3.05) is 51.0 Å². The Morgan fingerprint density at radius 2 is 2.00 bits per heavy atom. The fourth-order valence-corrected chi connectivity index (χ4v) is 2.43.